The number of nitrogens with zero attached hydrogens (tertiary/aromatic N) is 3. The van der Waals surface area contributed by atoms with Crippen molar-refractivity contribution in [2.24, 2.45) is 0 Å². The average molecular weight is 344 g/mol. The topological polar surface area (TPSA) is 92.9 Å². The number of nitrogens with one attached hydrogen (secondary N) is 2. The highest BCUT2D eigenvalue weighted by Gasteiger charge is 2.13. The Labute approximate surface area is 143 Å². The Kier molecular flexibility index (Phi) is 4.43. The Morgan fingerprint density at radius 2 is 2.00 bits per heavy atom. The van der Waals surface area contributed by atoms with Gasteiger partial charge in [-0.15, -0.1) is 0 Å². The van der Waals surface area contributed by atoms with Crippen molar-refractivity contribution in [1.29, 1.82) is 0 Å². The number of hydrogen-bond acceptors (Lipinski definition) is 6. The van der Waals surface area contributed by atoms with Crippen molar-refractivity contribution in [2.75, 3.05) is 10.6 Å². The molecule has 0 fully saturated rings. The number of aryl methyl sites for hydroxylation is 2. The van der Waals surface area contributed by atoms with Crippen molar-refractivity contribution in [3.05, 3.63) is 58.6 Å². The number of halogens is 1. The maximum Gasteiger partial charge on any atom is 0.275 e. The number of carbonyl (C=O) groups is 1. The van der Waals surface area contributed by atoms with E-state index in [1.165, 1.54) is 0 Å². The lowest BCUT2D eigenvalue weighted by Gasteiger charge is -2.08. The first kappa shape index (κ1) is 15.9. The summed E-state index contributed by atoms with van der Waals surface area (Å²) < 4.78 is 4.92. The summed E-state index contributed by atoms with van der Waals surface area (Å²) in [7, 11) is 0. The molecule has 122 valence electrons. The molecule has 0 bridgehead atoms. The van der Waals surface area contributed by atoms with Crippen LogP contribution in [0.2, 0.25) is 5.02 Å². The second-order valence-electron chi connectivity index (χ2n) is 5.13. The quantitative estimate of drug-likeness (QED) is 0.749. The minimum atomic E-state index is -0.400. The summed E-state index contributed by atoms with van der Waals surface area (Å²) >= 11 is 5.96. The summed E-state index contributed by atoms with van der Waals surface area (Å²) in [6, 6.07) is 10.4. The van der Waals surface area contributed by atoms with Crippen molar-refractivity contribution in [3.63, 3.8) is 0 Å². The van der Waals surface area contributed by atoms with Gasteiger partial charge < -0.3 is 15.2 Å². The van der Waals surface area contributed by atoms with Crippen molar-refractivity contribution >= 4 is 35.0 Å². The first-order valence-electron chi connectivity index (χ1n) is 7.12. The second kappa shape index (κ2) is 6.67. The smallest absolute Gasteiger partial charge is 0.275 e. The van der Waals surface area contributed by atoms with Crippen LogP contribution in [-0.4, -0.2) is 21.0 Å². The van der Waals surface area contributed by atoms with Crippen LogP contribution in [0.25, 0.3) is 0 Å². The zero-order valence-corrected chi connectivity index (χ0v) is 13.8. The fourth-order valence-corrected chi connectivity index (χ4v) is 2.23. The number of anilines is 3. The fraction of sp³-hybridized carbons (Fsp3) is 0.125. The molecule has 0 radical (unpaired) electrons. The van der Waals surface area contributed by atoms with E-state index < -0.39 is 5.91 Å². The van der Waals surface area contributed by atoms with Crippen LogP contribution in [0.4, 0.5) is 17.5 Å². The van der Waals surface area contributed by atoms with Crippen LogP contribution < -0.4 is 10.6 Å². The van der Waals surface area contributed by atoms with Crippen molar-refractivity contribution < 1.29 is 9.32 Å². The van der Waals surface area contributed by atoms with E-state index in [-0.39, 0.29) is 5.69 Å². The van der Waals surface area contributed by atoms with Gasteiger partial charge in [0.05, 0.1) is 0 Å². The number of rotatable bonds is 4. The van der Waals surface area contributed by atoms with Crippen LogP contribution in [-0.2, 0) is 0 Å². The Morgan fingerprint density at radius 3 is 2.71 bits per heavy atom. The summed E-state index contributed by atoms with van der Waals surface area (Å²) in [5, 5.41) is 9.96. The summed E-state index contributed by atoms with van der Waals surface area (Å²) in [6.07, 6.45) is 0. The molecule has 1 aromatic carbocycles. The minimum absolute atomic E-state index is 0.215. The van der Waals surface area contributed by atoms with Crippen LogP contribution in [0.5, 0.6) is 0 Å². The molecule has 0 unspecified atom stereocenters. The van der Waals surface area contributed by atoms with Crippen LogP contribution in [0.15, 0.2) is 40.9 Å². The molecule has 7 nitrogen and oxygen atoms in total. The third-order valence-electron chi connectivity index (χ3n) is 3.04. The monoisotopic (exact) mass is 343 g/mol. The first-order chi connectivity index (χ1) is 11.5. The molecule has 24 heavy (non-hydrogen) atoms. The number of carbonyl (C=O) groups excluding carboxylic acids is 1. The Morgan fingerprint density at radius 1 is 1.17 bits per heavy atom. The van der Waals surface area contributed by atoms with Gasteiger partial charge in [0.2, 0.25) is 5.95 Å². The zero-order chi connectivity index (χ0) is 17.1. The predicted octanol–water partition coefficient (Wildman–Crippen LogP) is 3.73. The fourth-order valence-electron chi connectivity index (χ4n) is 2.04. The summed E-state index contributed by atoms with van der Waals surface area (Å²) in [5.41, 5.74) is 1.59. The SMILES string of the molecule is Cc1cc(C(=O)Nc2cc(C)on2)nc(Nc2cccc(Cl)c2)n1. The summed E-state index contributed by atoms with van der Waals surface area (Å²) in [6.45, 7) is 3.52. The molecule has 3 rings (SSSR count). The third-order valence-corrected chi connectivity index (χ3v) is 3.27. The first-order valence-corrected chi connectivity index (χ1v) is 7.50. The van der Waals surface area contributed by atoms with Gasteiger partial charge in [0.25, 0.3) is 5.91 Å². The van der Waals surface area contributed by atoms with Crippen LogP contribution in [0, 0.1) is 13.8 Å². The number of amides is 1. The number of hydrogen-bond donors (Lipinski definition) is 2. The van der Waals surface area contributed by atoms with Crippen LogP contribution in [0.3, 0.4) is 0 Å². The van der Waals surface area contributed by atoms with E-state index in [1.807, 2.05) is 6.07 Å². The second-order valence-corrected chi connectivity index (χ2v) is 5.57. The molecular formula is C16H14ClN5O2. The molecule has 0 aliphatic carbocycles. The average Bonchev–Trinajstić information content (AvgIpc) is 2.91. The molecule has 0 spiro atoms. The van der Waals surface area contributed by atoms with Crippen LogP contribution in [0.1, 0.15) is 21.9 Å². The van der Waals surface area contributed by atoms with E-state index >= 15 is 0 Å². The molecule has 0 aliphatic rings. The lowest BCUT2D eigenvalue weighted by molar-refractivity contribution is 0.102. The van der Waals surface area contributed by atoms with Gasteiger partial charge in [-0.05, 0) is 38.1 Å². The number of benzene rings is 1. The highest BCUT2D eigenvalue weighted by molar-refractivity contribution is 6.30. The van der Waals surface area contributed by atoms with E-state index in [4.69, 9.17) is 16.1 Å². The van der Waals surface area contributed by atoms with Crippen molar-refractivity contribution in [2.45, 2.75) is 13.8 Å². The maximum absolute atomic E-state index is 12.3. The maximum atomic E-state index is 12.3. The number of aromatic nitrogens is 3. The highest BCUT2D eigenvalue weighted by atomic mass is 35.5. The van der Waals surface area contributed by atoms with Gasteiger partial charge in [-0.1, -0.05) is 22.8 Å². The Bertz CT molecular complexity index is 894. The largest absolute Gasteiger partial charge is 0.360 e. The molecule has 2 aromatic heterocycles. The van der Waals surface area contributed by atoms with Gasteiger partial charge in [0, 0.05) is 22.5 Å². The van der Waals surface area contributed by atoms with Gasteiger partial charge in [-0.3, -0.25) is 4.79 Å². The molecule has 2 N–H and O–H groups in total. The van der Waals surface area contributed by atoms with E-state index in [0.717, 1.165) is 5.69 Å². The molecule has 0 atom stereocenters. The molecule has 0 saturated heterocycles. The molecule has 2 heterocycles. The molecule has 3 aromatic rings. The minimum Gasteiger partial charge on any atom is -0.360 e. The Balaban J connectivity index is 1.81. The molecule has 0 saturated carbocycles. The van der Waals surface area contributed by atoms with E-state index in [0.29, 0.717) is 28.2 Å². The van der Waals surface area contributed by atoms with Gasteiger partial charge in [-0.2, -0.15) is 0 Å². The Hall–Kier alpha value is -2.93. The van der Waals surface area contributed by atoms with E-state index in [2.05, 4.69) is 25.8 Å². The van der Waals surface area contributed by atoms with E-state index in [9.17, 15) is 4.79 Å². The van der Waals surface area contributed by atoms with Crippen molar-refractivity contribution in [3.8, 4) is 0 Å². The van der Waals surface area contributed by atoms with E-state index in [1.54, 1.807) is 44.2 Å². The summed E-state index contributed by atoms with van der Waals surface area (Å²) in [5.74, 6) is 0.840. The third kappa shape index (κ3) is 3.88. The predicted molar refractivity (Wildman–Crippen MR) is 90.7 cm³/mol. The zero-order valence-electron chi connectivity index (χ0n) is 13.0. The van der Waals surface area contributed by atoms with Crippen LogP contribution >= 0.6 is 11.6 Å². The molecular weight excluding hydrogens is 330 g/mol. The van der Waals surface area contributed by atoms with Gasteiger partial charge >= 0.3 is 0 Å². The standard InChI is InChI=1S/C16H14ClN5O2/c1-9-6-13(15(23)21-14-7-10(2)24-22-14)20-16(18-9)19-12-5-3-4-11(17)8-12/h3-8H,1-2H3,(H,18,19,20)(H,21,22,23). The lowest BCUT2D eigenvalue weighted by Crippen LogP contribution is -2.15. The summed E-state index contributed by atoms with van der Waals surface area (Å²) in [4.78, 5) is 20.8. The van der Waals surface area contributed by atoms with Gasteiger partial charge in [-0.25, -0.2) is 9.97 Å². The highest BCUT2D eigenvalue weighted by Crippen LogP contribution is 2.18. The van der Waals surface area contributed by atoms with Crippen molar-refractivity contribution in [1.82, 2.24) is 15.1 Å². The molecule has 0 aliphatic heterocycles. The van der Waals surface area contributed by atoms with Gasteiger partial charge in [0.1, 0.15) is 11.5 Å². The normalized spacial score (nSPS) is 10.5. The molecule has 8 heteroatoms. The molecule has 1 amide bonds. The van der Waals surface area contributed by atoms with Gasteiger partial charge in [0.15, 0.2) is 5.82 Å². The lowest BCUT2D eigenvalue weighted by atomic mass is 10.3.